The third-order valence-corrected chi connectivity index (χ3v) is 5.90. The Morgan fingerprint density at radius 2 is 1.94 bits per heavy atom. The smallest absolute Gasteiger partial charge is 0.320 e. The predicted octanol–water partition coefficient (Wildman–Crippen LogP) is 4.90. The topological polar surface area (TPSA) is 139 Å². The Labute approximate surface area is 201 Å². The molecule has 0 spiro atoms. The number of carboxylic acid groups (broad SMARTS) is 1. The molecule has 33 heavy (non-hydrogen) atoms. The van der Waals surface area contributed by atoms with E-state index in [-0.39, 0.29) is 23.9 Å². The lowest BCUT2D eigenvalue weighted by molar-refractivity contribution is -0.143. The van der Waals surface area contributed by atoms with Crippen molar-refractivity contribution in [3.63, 3.8) is 0 Å². The average Bonchev–Trinajstić information content (AvgIpc) is 3.26. The van der Waals surface area contributed by atoms with Crippen LogP contribution in [0.3, 0.4) is 0 Å². The van der Waals surface area contributed by atoms with E-state index in [1.54, 1.807) is 30.3 Å². The first-order valence-electron chi connectivity index (χ1n) is 10.1. The summed E-state index contributed by atoms with van der Waals surface area (Å²) in [6.45, 7) is 0. The van der Waals surface area contributed by atoms with Crippen molar-refractivity contribution in [1.29, 1.82) is 0 Å². The van der Waals surface area contributed by atoms with E-state index >= 15 is 0 Å². The van der Waals surface area contributed by atoms with E-state index in [4.69, 9.17) is 25.9 Å². The molecule has 172 valence electrons. The van der Waals surface area contributed by atoms with Gasteiger partial charge in [-0.25, -0.2) is 4.98 Å². The molecule has 0 bridgehead atoms. The maximum atomic E-state index is 12.4. The van der Waals surface area contributed by atoms with Crippen molar-refractivity contribution in [2.45, 2.75) is 31.8 Å². The minimum Gasteiger partial charge on any atom is -0.481 e. The first-order chi connectivity index (χ1) is 15.9. The maximum Gasteiger partial charge on any atom is 0.320 e. The highest BCUT2D eigenvalue weighted by molar-refractivity contribution is 9.10. The van der Waals surface area contributed by atoms with Gasteiger partial charge in [0, 0.05) is 10.5 Å². The summed E-state index contributed by atoms with van der Waals surface area (Å²) in [5.41, 5.74) is 0.970. The predicted molar refractivity (Wildman–Crippen MR) is 123 cm³/mol. The summed E-state index contributed by atoms with van der Waals surface area (Å²) >= 11 is 9.47. The van der Waals surface area contributed by atoms with Crippen molar-refractivity contribution in [3.8, 4) is 5.88 Å². The van der Waals surface area contributed by atoms with Crippen LogP contribution < -0.4 is 15.4 Å². The molecule has 1 saturated carbocycles. The Bertz CT molecular complexity index is 1150. The van der Waals surface area contributed by atoms with Gasteiger partial charge in [-0.05, 0) is 49.9 Å². The third-order valence-electron chi connectivity index (χ3n) is 5.10. The molecule has 1 aliphatic carbocycles. The summed E-state index contributed by atoms with van der Waals surface area (Å²) in [5.74, 6) is -1.49. The van der Waals surface area contributed by atoms with Gasteiger partial charge in [0.1, 0.15) is 6.10 Å². The number of ether oxygens (including phenoxy) is 1. The van der Waals surface area contributed by atoms with Crippen molar-refractivity contribution in [3.05, 3.63) is 51.9 Å². The number of carboxylic acids is 1. The highest BCUT2D eigenvalue weighted by Gasteiger charge is 2.27. The van der Waals surface area contributed by atoms with Crippen molar-refractivity contribution in [2.24, 2.45) is 5.92 Å². The van der Waals surface area contributed by atoms with Gasteiger partial charge in [-0.3, -0.25) is 9.59 Å². The van der Waals surface area contributed by atoms with Gasteiger partial charge in [-0.2, -0.15) is 0 Å². The summed E-state index contributed by atoms with van der Waals surface area (Å²) in [6.07, 6.45) is 3.88. The van der Waals surface area contributed by atoms with Crippen molar-refractivity contribution < 1.29 is 23.8 Å². The minimum absolute atomic E-state index is 0.0175. The minimum atomic E-state index is -0.757. The van der Waals surface area contributed by atoms with Gasteiger partial charge in [0.25, 0.3) is 0 Å². The molecule has 1 aromatic carbocycles. The molecule has 1 fully saturated rings. The molecule has 4 rings (SSSR count). The van der Waals surface area contributed by atoms with E-state index in [0.717, 1.165) is 4.47 Å². The number of aliphatic carboxylic acids is 1. The fourth-order valence-corrected chi connectivity index (χ4v) is 4.10. The fraction of sp³-hybridized carbons (Fsp3) is 0.286. The van der Waals surface area contributed by atoms with E-state index < -0.39 is 11.9 Å². The van der Waals surface area contributed by atoms with Gasteiger partial charge in [-0.15, -0.1) is 5.10 Å². The molecule has 0 atom stereocenters. The van der Waals surface area contributed by atoms with Crippen molar-refractivity contribution in [1.82, 2.24) is 15.2 Å². The molecule has 10 nitrogen and oxygen atoms in total. The monoisotopic (exact) mass is 535 g/mol. The normalized spacial score (nSPS) is 17.9. The van der Waals surface area contributed by atoms with Gasteiger partial charge in [0.05, 0.1) is 28.5 Å². The molecule has 0 unspecified atom stereocenters. The molecule has 12 heteroatoms. The number of hydrogen-bond donors (Lipinski definition) is 3. The quantitative estimate of drug-likeness (QED) is 0.385. The Morgan fingerprint density at radius 1 is 1.15 bits per heavy atom. The molecule has 3 N–H and O–H groups in total. The number of carbonyl (C=O) groups is 2. The Kier molecular flexibility index (Phi) is 7.09. The van der Waals surface area contributed by atoms with Crippen molar-refractivity contribution in [2.75, 3.05) is 10.6 Å². The highest BCUT2D eigenvalue weighted by atomic mass is 79.9. The summed E-state index contributed by atoms with van der Waals surface area (Å²) < 4.78 is 12.0. The Balaban J connectivity index is 1.30. The number of rotatable bonds is 7. The molecule has 0 saturated heterocycles. The standard InChI is InChI=1S/C21H19BrClN5O5/c22-12-3-7-16(15(23)9-12)26-21-28-27-19(33-21)18(29)25-13-4-8-17(24-10-13)32-14-5-1-11(2-6-14)20(30)31/h3-4,7-11,14H,1-2,5-6H2,(H,25,29)(H,26,28)(H,30,31)/t11-,14-. The van der Waals surface area contributed by atoms with Crippen LogP contribution in [0.15, 0.2) is 45.4 Å². The molecule has 3 aromatic rings. The number of carbonyl (C=O) groups excluding carboxylic acids is 1. The number of nitrogens with one attached hydrogen (secondary N) is 2. The second kappa shape index (κ2) is 10.2. The molecule has 2 aromatic heterocycles. The Morgan fingerprint density at radius 3 is 2.61 bits per heavy atom. The summed E-state index contributed by atoms with van der Waals surface area (Å²) in [5, 5.41) is 22.5. The molecular weight excluding hydrogens is 518 g/mol. The van der Waals surface area contributed by atoms with Gasteiger partial charge in [0.2, 0.25) is 5.88 Å². The molecule has 1 amide bonds. The number of nitrogens with zero attached hydrogens (tertiary/aromatic N) is 3. The largest absolute Gasteiger partial charge is 0.481 e. The molecule has 1 aliphatic rings. The zero-order valence-electron chi connectivity index (χ0n) is 17.1. The second-order valence-electron chi connectivity index (χ2n) is 7.43. The fourth-order valence-electron chi connectivity index (χ4n) is 3.38. The van der Waals surface area contributed by atoms with E-state index in [9.17, 15) is 9.59 Å². The van der Waals surface area contributed by atoms with Crippen LogP contribution in [-0.2, 0) is 4.79 Å². The number of amides is 1. The Hall–Kier alpha value is -3.18. The van der Waals surface area contributed by atoms with Crippen LogP contribution in [0.5, 0.6) is 5.88 Å². The number of halogens is 2. The van der Waals surface area contributed by atoms with Crippen LogP contribution in [0.25, 0.3) is 0 Å². The average molecular weight is 537 g/mol. The lowest BCUT2D eigenvalue weighted by Gasteiger charge is -2.26. The van der Waals surface area contributed by atoms with E-state index in [0.29, 0.717) is 48.0 Å². The molecule has 0 radical (unpaired) electrons. The SMILES string of the molecule is O=C(Nc1ccc(O[C@H]2CC[C@H](C(=O)O)CC2)nc1)c1nnc(Nc2ccc(Br)cc2Cl)o1. The van der Waals surface area contributed by atoms with Crippen molar-refractivity contribution >= 4 is 56.8 Å². The van der Waals surface area contributed by atoms with Crippen LogP contribution in [0, 0.1) is 5.92 Å². The van der Waals surface area contributed by atoms with Crippen LogP contribution in [-0.4, -0.2) is 38.3 Å². The van der Waals surface area contributed by atoms with E-state index in [1.165, 1.54) is 6.20 Å². The van der Waals surface area contributed by atoms with Crippen LogP contribution in [0.4, 0.5) is 17.4 Å². The number of hydrogen-bond acceptors (Lipinski definition) is 8. The molecular formula is C21H19BrClN5O5. The van der Waals surface area contributed by atoms with Crippen LogP contribution in [0.2, 0.25) is 5.02 Å². The summed E-state index contributed by atoms with van der Waals surface area (Å²) in [7, 11) is 0. The van der Waals surface area contributed by atoms with E-state index in [1.807, 2.05) is 0 Å². The highest BCUT2D eigenvalue weighted by Crippen LogP contribution is 2.29. The van der Waals surface area contributed by atoms with Gasteiger partial charge in [0.15, 0.2) is 0 Å². The van der Waals surface area contributed by atoms with Gasteiger partial charge < -0.3 is 24.9 Å². The van der Waals surface area contributed by atoms with Crippen LogP contribution >= 0.6 is 27.5 Å². The van der Waals surface area contributed by atoms with Gasteiger partial charge in [-0.1, -0.05) is 32.6 Å². The summed E-state index contributed by atoms with van der Waals surface area (Å²) in [6, 6.07) is 8.51. The number of aromatic nitrogens is 3. The van der Waals surface area contributed by atoms with Gasteiger partial charge >= 0.3 is 23.8 Å². The first kappa shape index (κ1) is 23.0. The lowest BCUT2D eigenvalue weighted by Crippen LogP contribution is -2.28. The molecule has 0 aliphatic heterocycles. The summed E-state index contributed by atoms with van der Waals surface area (Å²) in [4.78, 5) is 27.6. The zero-order valence-corrected chi connectivity index (χ0v) is 19.5. The third kappa shape index (κ3) is 5.99. The lowest BCUT2D eigenvalue weighted by atomic mass is 9.87. The van der Waals surface area contributed by atoms with Crippen LogP contribution in [0.1, 0.15) is 36.4 Å². The maximum absolute atomic E-state index is 12.4. The zero-order chi connectivity index (χ0) is 23.4. The van der Waals surface area contributed by atoms with E-state index in [2.05, 4.69) is 41.7 Å². The number of anilines is 3. The number of pyridine rings is 1. The first-order valence-corrected chi connectivity index (χ1v) is 11.3. The second-order valence-corrected chi connectivity index (χ2v) is 8.75. The molecule has 2 heterocycles. The number of benzene rings is 1.